The highest BCUT2D eigenvalue weighted by Gasteiger charge is 2.29. The van der Waals surface area contributed by atoms with Gasteiger partial charge >= 0.3 is 0 Å². The van der Waals surface area contributed by atoms with Crippen LogP contribution >= 0.6 is 15.9 Å². The predicted molar refractivity (Wildman–Crippen MR) is 115 cm³/mol. The topological polar surface area (TPSA) is 75.5 Å². The molecule has 1 aromatic heterocycles. The molecule has 2 aromatic carbocycles. The van der Waals surface area contributed by atoms with E-state index in [4.69, 9.17) is 0 Å². The number of nitrogens with zero attached hydrogens (tertiary/aromatic N) is 4. The minimum absolute atomic E-state index is 0.252. The molecular weight excluding hydrogens is 475 g/mol. The minimum Gasteiger partial charge on any atom is -0.353 e. The lowest BCUT2D eigenvalue weighted by Gasteiger charge is -2.34. The smallest absolute Gasteiger partial charge is 0.271 e. The average molecular weight is 493 g/mol. The van der Waals surface area contributed by atoms with Crippen molar-refractivity contribution in [1.29, 1.82) is 0 Å². The van der Waals surface area contributed by atoms with E-state index >= 15 is 0 Å². The molecule has 2 heterocycles. The average Bonchev–Trinajstić information content (AvgIpc) is 2.75. The normalized spacial score (nSPS) is 15.3. The molecule has 0 spiro atoms. The maximum atomic E-state index is 13.2. The first kappa shape index (κ1) is 20.7. The van der Waals surface area contributed by atoms with Gasteiger partial charge in [0.1, 0.15) is 11.6 Å². The Morgan fingerprint density at radius 3 is 2.13 bits per heavy atom. The van der Waals surface area contributed by atoms with Gasteiger partial charge in [-0.1, -0.05) is 15.9 Å². The summed E-state index contributed by atoms with van der Waals surface area (Å²) in [7, 11) is -3.57. The zero-order valence-electron chi connectivity index (χ0n) is 15.8. The molecule has 0 amide bonds. The molecule has 0 radical (unpaired) electrons. The third-order valence-electron chi connectivity index (χ3n) is 4.87. The van der Waals surface area contributed by atoms with Gasteiger partial charge in [-0.3, -0.25) is 4.79 Å². The highest BCUT2D eigenvalue weighted by atomic mass is 79.9. The van der Waals surface area contributed by atoms with Crippen molar-refractivity contribution in [2.75, 3.05) is 31.1 Å². The molecule has 0 aliphatic carbocycles. The second kappa shape index (κ2) is 8.29. The molecule has 3 aromatic rings. The van der Waals surface area contributed by atoms with Crippen LogP contribution in [0, 0.1) is 5.82 Å². The SMILES string of the molecule is O=c1ccc(N2CCN(S(=O)(=O)c3ccc(Br)cc3)CC2)nn1-c1ccc(F)cc1. The fourth-order valence-corrected chi connectivity index (χ4v) is 4.94. The number of hydrogen-bond acceptors (Lipinski definition) is 5. The Bertz CT molecular complexity index is 1210. The molecule has 0 unspecified atom stereocenters. The van der Waals surface area contributed by atoms with E-state index in [1.54, 1.807) is 30.3 Å². The van der Waals surface area contributed by atoms with Gasteiger partial charge in [-0.25, -0.2) is 12.8 Å². The Morgan fingerprint density at radius 2 is 1.50 bits per heavy atom. The van der Waals surface area contributed by atoms with Gasteiger partial charge in [-0.05, 0) is 54.6 Å². The van der Waals surface area contributed by atoms with Crippen molar-refractivity contribution < 1.29 is 12.8 Å². The molecule has 1 aliphatic rings. The van der Waals surface area contributed by atoms with E-state index in [1.165, 1.54) is 39.3 Å². The molecule has 10 heteroatoms. The Hall–Kier alpha value is -2.56. The third kappa shape index (κ3) is 4.16. The first-order valence-electron chi connectivity index (χ1n) is 9.21. The summed E-state index contributed by atoms with van der Waals surface area (Å²) in [6.07, 6.45) is 0. The minimum atomic E-state index is -3.57. The highest BCUT2D eigenvalue weighted by molar-refractivity contribution is 9.10. The van der Waals surface area contributed by atoms with E-state index < -0.39 is 15.8 Å². The van der Waals surface area contributed by atoms with Crippen LogP contribution in [0.25, 0.3) is 5.69 Å². The van der Waals surface area contributed by atoms with Gasteiger partial charge in [-0.15, -0.1) is 5.10 Å². The molecule has 0 saturated carbocycles. The monoisotopic (exact) mass is 492 g/mol. The molecular formula is C20H18BrFN4O3S. The molecule has 1 saturated heterocycles. The summed E-state index contributed by atoms with van der Waals surface area (Å²) in [5.74, 6) is 0.158. The highest BCUT2D eigenvalue weighted by Crippen LogP contribution is 2.21. The Kier molecular flexibility index (Phi) is 5.72. The number of benzene rings is 2. The van der Waals surface area contributed by atoms with E-state index in [2.05, 4.69) is 21.0 Å². The third-order valence-corrected chi connectivity index (χ3v) is 7.31. The van der Waals surface area contributed by atoms with Gasteiger partial charge in [0, 0.05) is 36.7 Å². The number of piperazine rings is 1. The maximum absolute atomic E-state index is 13.2. The Labute approximate surface area is 181 Å². The molecule has 30 heavy (non-hydrogen) atoms. The van der Waals surface area contributed by atoms with Crippen molar-refractivity contribution in [1.82, 2.24) is 14.1 Å². The molecule has 156 valence electrons. The molecule has 1 aliphatic heterocycles. The van der Waals surface area contributed by atoms with Gasteiger partial charge in [0.25, 0.3) is 5.56 Å². The van der Waals surface area contributed by atoms with Crippen LogP contribution < -0.4 is 10.5 Å². The van der Waals surface area contributed by atoms with Crippen LogP contribution in [0.5, 0.6) is 0 Å². The molecule has 0 N–H and O–H groups in total. The Balaban J connectivity index is 1.52. The lowest BCUT2D eigenvalue weighted by atomic mass is 10.3. The van der Waals surface area contributed by atoms with E-state index in [0.29, 0.717) is 37.7 Å². The van der Waals surface area contributed by atoms with Crippen molar-refractivity contribution in [3.05, 3.63) is 81.3 Å². The number of aromatic nitrogens is 2. The second-order valence-corrected chi connectivity index (χ2v) is 9.62. The van der Waals surface area contributed by atoms with Crippen LogP contribution in [0.1, 0.15) is 0 Å². The summed E-state index contributed by atoms with van der Waals surface area (Å²) in [4.78, 5) is 14.4. The van der Waals surface area contributed by atoms with E-state index in [1.807, 2.05) is 4.90 Å². The molecule has 7 nitrogen and oxygen atoms in total. The molecule has 1 fully saturated rings. The van der Waals surface area contributed by atoms with Gasteiger partial charge < -0.3 is 4.90 Å². The largest absolute Gasteiger partial charge is 0.353 e. The van der Waals surface area contributed by atoms with Crippen LogP contribution in [0.4, 0.5) is 10.2 Å². The second-order valence-electron chi connectivity index (χ2n) is 6.76. The van der Waals surface area contributed by atoms with Crippen LogP contribution in [-0.4, -0.2) is 48.7 Å². The summed E-state index contributed by atoms with van der Waals surface area (Å²) in [6, 6.07) is 15.1. The van der Waals surface area contributed by atoms with Crippen molar-refractivity contribution in [2.45, 2.75) is 4.90 Å². The van der Waals surface area contributed by atoms with E-state index in [-0.39, 0.29) is 10.5 Å². The first-order valence-corrected chi connectivity index (χ1v) is 11.4. The van der Waals surface area contributed by atoms with Gasteiger partial charge in [0.2, 0.25) is 10.0 Å². The van der Waals surface area contributed by atoms with Gasteiger partial charge in [0.15, 0.2) is 0 Å². The fraction of sp³-hybridized carbons (Fsp3) is 0.200. The lowest BCUT2D eigenvalue weighted by Crippen LogP contribution is -2.49. The number of halogens is 2. The van der Waals surface area contributed by atoms with Crippen LogP contribution in [0.3, 0.4) is 0 Å². The van der Waals surface area contributed by atoms with Crippen LogP contribution in [-0.2, 0) is 10.0 Å². The van der Waals surface area contributed by atoms with Crippen molar-refractivity contribution in [2.24, 2.45) is 0 Å². The van der Waals surface area contributed by atoms with Crippen molar-refractivity contribution >= 4 is 31.8 Å². The maximum Gasteiger partial charge on any atom is 0.271 e. The van der Waals surface area contributed by atoms with E-state index in [9.17, 15) is 17.6 Å². The van der Waals surface area contributed by atoms with Gasteiger partial charge in [0.05, 0.1) is 10.6 Å². The lowest BCUT2D eigenvalue weighted by molar-refractivity contribution is 0.383. The summed E-state index contributed by atoms with van der Waals surface area (Å²) >= 11 is 3.31. The molecule has 0 atom stereocenters. The van der Waals surface area contributed by atoms with E-state index in [0.717, 1.165) is 4.47 Å². The first-order chi connectivity index (χ1) is 14.3. The summed E-state index contributed by atoms with van der Waals surface area (Å²) in [5, 5.41) is 4.39. The zero-order chi connectivity index (χ0) is 21.3. The standard InChI is InChI=1S/C20H18BrFN4O3S/c21-15-1-7-18(8-2-15)30(28,29)25-13-11-24(12-14-25)19-9-10-20(27)26(23-19)17-5-3-16(22)4-6-17/h1-10H,11-14H2. The zero-order valence-corrected chi connectivity index (χ0v) is 18.2. The quantitative estimate of drug-likeness (QED) is 0.559. The number of sulfonamides is 1. The number of hydrogen-bond donors (Lipinski definition) is 0. The summed E-state index contributed by atoms with van der Waals surface area (Å²) in [5.41, 5.74) is 0.126. The molecule has 0 bridgehead atoms. The van der Waals surface area contributed by atoms with Crippen molar-refractivity contribution in [3.63, 3.8) is 0 Å². The predicted octanol–water partition coefficient (Wildman–Crippen LogP) is 2.65. The Morgan fingerprint density at radius 1 is 0.867 bits per heavy atom. The van der Waals surface area contributed by atoms with Crippen LogP contribution in [0.15, 0.2) is 74.8 Å². The summed E-state index contributed by atoms with van der Waals surface area (Å²) in [6.45, 7) is 1.47. The molecule has 4 rings (SSSR count). The number of anilines is 1. The fourth-order valence-electron chi connectivity index (χ4n) is 3.25. The summed E-state index contributed by atoms with van der Waals surface area (Å²) < 4.78 is 42.4. The van der Waals surface area contributed by atoms with Gasteiger partial charge in [-0.2, -0.15) is 8.99 Å². The van der Waals surface area contributed by atoms with Crippen molar-refractivity contribution in [3.8, 4) is 5.69 Å². The number of rotatable bonds is 4. The van der Waals surface area contributed by atoms with Crippen LogP contribution in [0.2, 0.25) is 0 Å².